The predicted molar refractivity (Wildman–Crippen MR) is 50.6 cm³/mol. The molecule has 0 radical (unpaired) electrons. The number of hydrogen-bond acceptors (Lipinski definition) is 5. The molecule has 0 spiro atoms. The van der Waals surface area contributed by atoms with Crippen LogP contribution in [-0.2, 0) is 0 Å². The predicted octanol–water partition coefficient (Wildman–Crippen LogP) is 1.05. The molecule has 0 aliphatic rings. The Hall–Kier alpha value is -2.18. The Morgan fingerprint density at radius 2 is 2.27 bits per heavy atom. The van der Waals surface area contributed by atoms with E-state index in [4.69, 9.17) is 4.74 Å². The lowest BCUT2D eigenvalue weighted by atomic mass is 10.4. The summed E-state index contributed by atoms with van der Waals surface area (Å²) in [6.45, 7) is 0. The summed E-state index contributed by atoms with van der Waals surface area (Å²) in [6, 6.07) is 2.76. The number of nitro groups is 1. The fourth-order valence-corrected chi connectivity index (χ4v) is 0.784. The summed E-state index contributed by atoms with van der Waals surface area (Å²) in [5.74, 6) is -0.645. The summed E-state index contributed by atoms with van der Waals surface area (Å²) >= 11 is 0. The third kappa shape index (κ3) is 2.63. The van der Waals surface area contributed by atoms with Gasteiger partial charge in [0, 0.05) is 14.1 Å². The standard InChI is InChI=1S/C8H9N3O4/c1-10(2)8(12)15-6-4-3-5-9-7(6)11(13)14/h3-5H,1-2H3. The van der Waals surface area contributed by atoms with Crippen LogP contribution < -0.4 is 4.74 Å². The zero-order valence-electron chi connectivity index (χ0n) is 8.21. The third-order valence-corrected chi connectivity index (χ3v) is 1.49. The summed E-state index contributed by atoms with van der Waals surface area (Å²) in [5, 5.41) is 10.5. The Kier molecular flexibility index (Phi) is 3.17. The fourth-order valence-electron chi connectivity index (χ4n) is 0.784. The molecule has 0 saturated carbocycles. The minimum atomic E-state index is -0.710. The highest BCUT2D eigenvalue weighted by Gasteiger charge is 2.19. The van der Waals surface area contributed by atoms with E-state index >= 15 is 0 Å². The van der Waals surface area contributed by atoms with Crippen LogP contribution >= 0.6 is 0 Å². The SMILES string of the molecule is CN(C)C(=O)Oc1cccnc1[N+](=O)[O-]. The van der Waals surface area contributed by atoms with Crippen molar-refractivity contribution in [3.63, 3.8) is 0 Å². The van der Waals surface area contributed by atoms with Crippen LogP contribution in [0.1, 0.15) is 0 Å². The number of carbonyl (C=O) groups is 1. The van der Waals surface area contributed by atoms with E-state index in [9.17, 15) is 14.9 Å². The lowest BCUT2D eigenvalue weighted by molar-refractivity contribution is -0.390. The average molecular weight is 211 g/mol. The highest BCUT2D eigenvalue weighted by molar-refractivity contribution is 5.71. The van der Waals surface area contributed by atoms with Crippen LogP contribution in [0.4, 0.5) is 10.6 Å². The maximum Gasteiger partial charge on any atom is 0.415 e. The van der Waals surface area contributed by atoms with Gasteiger partial charge in [-0.2, -0.15) is 0 Å². The van der Waals surface area contributed by atoms with Crippen LogP contribution in [0.2, 0.25) is 0 Å². The van der Waals surface area contributed by atoms with Gasteiger partial charge in [-0.25, -0.2) is 4.79 Å². The second-order valence-electron chi connectivity index (χ2n) is 2.84. The summed E-state index contributed by atoms with van der Waals surface area (Å²) in [6.07, 6.45) is 0.566. The zero-order chi connectivity index (χ0) is 11.4. The number of nitrogens with zero attached hydrogens (tertiary/aromatic N) is 3. The van der Waals surface area contributed by atoms with Crippen LogP contribution in [-0.4, -0.2) is 35.0 Å². The smallest absolute Gasteiger partial charge is 0.401 e. The van der Waals surface area contributed by atoms with Crippen molar-refractivity contribution < 1.29 is 14.5 Å². The van der Waals surface area contributed by atoms with Gasteiger partial charge in [0.1, 0.15) is 6.20 Å². The zero-order valence-corrected chi connectivity index (χ0v) is 8.21. The summed E-state index contributed by atoms with van der Waals surface area (Å²) in [7, 11) is 2.95. The summed E-state index contributed by atoms with van der Waals surface area (Å²) in [4.78, 5) is 25.6. The van der Waals surface area contributed by atoms with Crippen molar-refractivity contribution in [2.24, 2.45) is 0 Å². The average Bonchev–Trinajstić information content (AvgIpc) is 2.18. The molecule has 1 amide bonds. The van der Waals surface area contributed by atoms with E-state index in [1.165, 1.54) is 32.4 Å². The Labute approximate surface area is 85.4 Å². The van der Waals surface area contributed by atoms with E-state index < -0.39 is 16.8 Å². The van der Waals surface area contributed by atoms with E-state index in [1.54, 1.807) is 0 Å². The van der Waals surface area contributed by atoms with Gasteiger partial charge in [-0.3, -0.25) is 0 Å². The molecule has 0 aliphatic carbocycles. The molecule has 0 aromatic carbocycles. The fraction of sp³-hybridized carbons (Fsp3) is 0.250. The van der Waals surface area contributed by atoms with Crippen molar-refractivity contribution in [1.29, 1.82) is 0 Å². The van der Waals surface area contributed by atoms with E-state index in [0.29, 0.717) is 0 Å². The van der Waals surface area contributed by atoms with E-state index in [0.717, 1.165) is 4.90 Å². The van der Waals surface area contributed by atoms with Crippen molar-refractivity contribution in [3.05, 3.63) is 28.4 Å². The van der Waals surface area contributed by atoms with Crippen molar-refractivity contribution in [3.8, 4) is 5.75 Å². The van der Waals surface area contributed by atoms with Gasteiger partial charge in [-0.05, 0) is 22.0 Å². The second kappa shape index (κ2) is 4.36. The third-order valence-electron chi connectivity index (χ3n) is 1.49. The lowest BCUT2D eigenvalue weighted by Crippen LogP contribution is -2.25. The first-order valence-electron chi connectivity index (χ1n) is 4.01. The van der Waals surface area contributed by atoms with E-state index in [2.05, 4.69) is 4.98 Å². The molecule has 0 aliphatic heterocycles. The number of hydrogen-bond donors (Lipinski definition) is 0. The first kappa shape index (κ1) is 10.9. The van der Waals surface area contributed by atoms with E-state index in [1.807, 2.05) is 0 Å². The largest absolute Gasteiger partial charge is 0.415 e. The molecule has 0 saturated heterocycles. The molecule has 0 atom stereocenters. The molecule has 7 heteroatoms. The van der Waals surface area contributed by atoms with Gasteiger partial charge in [-0.1, -0.05) is 0 Å². The summed E-state index contributed by atoms with van der Waals surface area (Å²) in [5.41, 5.74) is 0. The molecule has 1 rings (SSSR count). The Morgan fingerprint density at radius 1 is 1.60 bits per heavy atom. The molecule has 0 fully saturated rings. The molecule has 1 aromatic rings. The van der Waals surface area contributed by atoms with Gasteiger partial charge >= 0.3 is 11.9 Å². The Balaban J connectivity index is 2.94. The molecular formula is C8H9N3O4. The molecule has 0 N–H and O–H groups in total. The minimum Gasteiger partial charge on any atom is -0.401 e. The number of pyridine rings is 1. The first-order chi connectivity index (χ1) is 7.02. The Morgan fingerprint density at radius 3 is 2.80 bits per heavy atom. The molecule has 0 bridgehead atoms. The topological polar surface area (TPSA) is 85.6 Å². The monoisotopic (exact) mass is 211 g/mol. The second-order valence-corrected chi connectivity index (χ2v) is 2.84. The van der Waals surface area contributed by atoms with Crippen molar-refractivity contribution in [2.75, 3.05) is 14.1 Å². The molecule has 7 nitrogen and oxygen atoms in total. The van der Waals surface area contributed by atoms with E-state index in [-0.39, 0.29) is 5.75 Å². The molecule has 1 heterocycles. The van der Waals surface area contributed by atoms with Crippen LogP contribution in [0, 0.1) is 10.1 Å². The van der Waals surface area contributed by atoms with Crippen molar-refractivity contribution >= 4 is 11.9 Å². The highest BCUT2D eigenvalue weighted by atomic mass is 16.6. The molecule has 0 unspecified atom stereocenters. The summed E-state index contributed by atoms with van der Waals surface area (Å²) < 4.78 is 4.75. The quantitative estimate of drug-likeness (QED) is 0.539. The van der Waals surface area contributed by atoms with Gasteiger partial charge in [-0.15, -0.1) is 0 Å². The van der Waals surface area contributed by atoms with Crippen LogP contribution in [0.25, 0.3) is 0 Å². The molecular weight excluding hydrogens is 202 g/mol. The van der Waals surface area contributed by atoms with Crippen molar-refractivity contribution in [2.45, 2.75) is 0 Å². The maximum atomic E-state index is 11.1. The minimum absolute atomic E-state index is 0.166. The number of amides is 1. The number of carbonyl (C=O) groups excluding carboxylic acids is 1. The van der Waals surface area contributed by atoms with Gasteiger partial charge in [0.05, 0.1) is 0 Å². The highest BCUT2D eigenvalue weighted by Crippen LogP contribution is 2.23. The molecule has 1 aromatic heterocycles. The molecule has 80 valence electrons. The van der Waals surface area contributed by atoms with Crippen molar-refractivity contribution in [1.82, 2.24) is 9.88 Å². The van der Waals surface area contributed by atoms with Crippen LogP contribution in [0.15, 0.2) is 18.3 Å². The number of rotatable bonds is 2. The molecule has 15 heavy (non-hydrogen) atoms. The van der Waals surface area contributed by atoms with Crippen LogP contribution in [0.5, 0.6) is 5.75 Å². The number of aromatic nitrogens is 1. The van der Waals surface area contributed by atoms with Gasteiger partial charge in [0.2, 0.25) is 5.75 Å². The van der Waals surface area contributed by atoms with Gasteiger partial charge in [0.15, 0.2) is 0 Å². The first-order valence-corrected chi connectivity index (χ1v) is 4.01. The Bertz CT molecular complexity index is 391. The number of ether oxygens (including phenoxy) is 1. The van der Waals surface area contributed by atoms with Gasteiger partial charge < -0.3 is 19.8 Å². The van der Waals surface area contributed by atoms with Crippen LogP contribution in [0.3, 0.4) is 0 Å². The maximum absolute atomic E-state index is 11.1. The lowest BCUT2D eigenvalue weighted by Gasteiger charge is -2.09. The van der Waals surface area contributed by atoms with Gasteiger partial charge in [0.25, 0.3) is 0 Å². The normalized spacial score (nSPS) is 9.47.